The number of carbonyl (C=O) groups excluding carboxylic acids is 2. The summed E-state index contributed by atoms with van der Waals surface area (Å²) in [5.41, 5.74) is 3.45. The summed E-state index contributed by atoms with van der Waals surface area (Å²) in [7, 11) is 0. The molecule has 0 fully saturated rings. The van der Waals surface area contributed by atoms with Crippen LogP contribution in [-0.2, 0) is 4.74 Å². The maximum Gasteiger partial charge on any atom is 0.513 e. The Balaban J connectivity index is 1.93. The Labute approximate surface area is 140 Å². The second kappa shape index (κ2) is 8.01. The zero-order chi connectivity index (χ0) is 17.5. The fourth-order valence-electron chi connectivity index (χ4n) is 2.09. The average molecular weight is 328 g/mol. The molecule has 0 aliphatic carbocycles. The molecule has 2 amide bonds. The Kier molecular flexibility index (Phi) is 5.78. The number of benzene rings is 2. The maximum absolute atomic E-state index is 12.0. The van der Waals surface area contributed by atoms with Gasteiger partial charge in [-0.05, 0) is 56.7 Å². The van der Waals surface area contributed by atoms with Gasteiger partial charge in [-0.3, -0.25) is 0 Å². The van der Waals surface area contributed by atoms with Gasteiger partial charge in [0, 0.05) is 11.4 Å². The van der Waals surface area contributed by atoms with E-state index < -0.39 is 6.16 Å². The van der Waals surface area contributed by atoms with Gasteiger partial charge in [0.1, 0.15) is 5.75 Å². The van der Waals surface area contributed by atoms with E-state index in [1.54, 1.807) is 31.2 Å². The molecule has 0 aromatic heterocycles. The van der Waals surface area contributed by atoms with E-state index in [1.807, 2.05) is 32.0 Å². The molecular weight excluding hydrogens is 308 g/mol. The molecule has 24 heavy (non-hydrogen) atoms. The van der Waals surface area contributed by atoms with Crippen LogP contribution in [0.25, 0.3) is 0 Å². The summed E-state index contributed by atoms with van der Waals surface area (Å²) in [5, 5.41) is 5.51. The lowest BCUT2D eigenvalue weighted by molar-refractivity contribution is 0.104. The largest absolute Gasteiger partial charge is 0.513 e. The molecule has 0 heterocycles. The van der Waals surface area contributed by atoms with Crippen LogP contribution in [0.1, 0.15) is 18.1 Å². The highest BCUT2D eigenvalue weighted by Crippen LogP contribution is 2.18. The van der Waals surface area contributed by atoms with Crippen LogP contribution in [0, 0.1) is 13.8 Å². The summed E-state index contributed by atoms with van der Waals surface area (Å²) < 4.78 is 9.63. The Hall–Kier alpha value is -3.02. The van der Waals surface area contributed by atoms with Crippen LogP contribution < -0.4 is 15.4 Å². The molecule has 0 unspecified atom stereocenters. The van der Waals surface area contributed by atoms with E-state index in [0.29, 0.717) is 11.4 Å². The van der Waals surface area contributed by atoms with Crippen molar-refractivity contribution in [2.45, 2.75) is 20.8 Å². The average Bonchev–Trinajstić information content (AvgIpc) is 2.52. The monoisotopic (exact) mass is 328 g/mol. The first kappa shape index (κ1) is 17.3. The lowest BCUT2D eigenvalue weighted by atomic mass is 10.1. The second-order valence-corrected chi connectivity index (χ2v) is 5.21. The fourth-order valence-corrected chi connectivity index (χ4v) is 2.09. The number of nitrogens with one attached hydrogen (secondary N) is 2. The van der Waals surface area contributed by atoms with E-state index in [1.165, 1.54) is 0 Å². The quantitative estimate of drug-likeness (QED) is 0.641. The van der Waals surface area contributed by atoms with Gasteiger partial charge >= 0.3 is 12.2 Å². The fraction of sp³-hybridized carbons (Fsp3) is 0.222. The van der Waals surface area contributed by atoms with Crippen LogP contribution in [0.4, 0.5) is 21.0 Å². The summed E-state index contributed by atoms with van der Waals surface area (Å²) in [4.78, 5) is 23.2. The first-order chi connectivity index (χ1) is 11.5. The number of rotatable bonds is 4. The molecule has 2 aromatic carbocycles. The van der Waals surface area contributed by atoms with E-state index in [-0.39, 0.29) is 12.6 Å². The van der Waals surface area contributed by atoms with Crippen molar-refractivity contribution in [2.24, 2.45) is 0 Å². The van der Waals surface area contributed by atoms with Gasteiger partial charge in [-0.15, -0.1) is 0 Å². The molecular formula is C18H20N2O4. The second-order valence-electron chi connectivity index (χ2n) is 5.21. The first-order valence-corrected chi connectivity index (χ1v) is 7.58. The van der Waals surface area contributed by atoms with Crippen molar-refractivity contribution in [2.75, 3.05) is 17.2 Å². The summed E-state index contributed by atoms with van der Waals surface area (Å²) in [6.07, 6.45) is -0.759. The predicted octanol–water partition coefficient (Wildman–Crippen LogP) is 4.48. The van der Waals surface area contributed by atoms with Crippen molar-refractivity contribution in [3.05, 3.63) is 53.6 Å². The highest BCUT2D eigenvalue weighted by Gasteiger charge is 2.07. The van der Waals surface area contributed by atoms with Gasteiger partial charge in [0.2, 0.25) is 0 Å². The Morgan fingerprint density at radius 3 is 2.33 bits per heavy atom. The van der Waals surface area contributed by atoms with Crippen LogP contribution in [-0.4, -0.2) is 18.8 Å². The molecule has 126 valence electrons. The third-order valence-corrected chi connectivity index (χ3v) is 3.21. The number of ether oxygens (including phenoxy) is 2. The van der Waals surface area contributed by atoms with Crippen molar-refractivity contribution >= 4 is 23.6 Å². The Bertz CT molecular complexity index is 726. The van der Waals surface area contributed by atoms with E-state index in [2.05, 4.69) is 15.4 Å². The third-order valence-electron chi connectivity index (χ3n) is 3.21. The Morgan fingerprint density at radius 1 is 1.00 bits per heavy atom. The molecule has 2 rings (SSSR count). The minimum absolute atomic E-state index is 0.247. The number of anilines is 2. The smallest absolute Gasteiger partial charge is 0.434 e. The standard InChI is InChI=1S/C18H20N2O4/c1-4-23-18(22)24-15-8-6-14(7-9-15)19-17(21)20-16-10-5-12(2)11-13(16)3/h5-11H,4H2,1-3H3,(H2,19,20,21). The molecule has 0 saturated heterocycles. The highest BCUT2D eigenvalue weighted by molar-refractivity contribution is 6.00. The molecule has 6 heteroatoms. The minimum Gasteiger partial charge on any atom is -0.434 e. The lowest BCUT2D eigenvalue weighted by Gasteiger charge is -2.11. The topological polar surface area (TPSA) is 76.7 Å². The van der Waals surface area contributed by atoms with Crippen LogP contribution in [0.2, 0.25) is 0 Å². The third kappa shape index (κ3) is 5.01. The lowest BCUT2D eigenvalue weighted by Crippen LogP contribution is -2.20. The van der Waals surface area contributed by atoms with Crippen molar-refractivity contribution in [3.63, 3.8) is 0 Å². The maximum atomic E-state index is 12.0. The predicted molar refractivity (Wildman–Crippen MR) is 92.6 cm³/mol. The van der Waals surface area contributed by atoms with Gasteiger partial charge in [0.25, 0.3) is 0 Å². The van der Waals surface area contributed by atoms with E-state index in [4.69, 9.17) is 4.74 Å². The number of hydrogen-bond acceptors (Lipinski definition) is 4. The van der Waals surface area contributed by atoms with Crippen LogP contribution in [0.3, 0.4) is 0 Å². The van der Waals surface area contributed by atoms with Crippen molar-refractivity contribution < 1.29 is 19.1 Å². The zero-order valence-corrected chi connectivity index (χ0v) is 13.9. The molecule has 2 aromatic rings. The molecule has 0 saturated carbocycles. The molecule has 0 aliphatic heterocycles. The normalized spacial score (nSPS) is 9.96. The van der Waals surface area contributed by atoms with Crippen LogP contribution >= 0.6 is 0 Å². The number of urea groups is 1. The van der Waals surface area contributed by atoms with Crippen molar-refractivity contribution in [3.8, 4) is 5.75 Å². The van der Waals surface area contributed by atoms with Gasteiger partial charge in [-0.2, -0.15) is 0 Å². The number of hydrogen-bond donors (Lipinski definition) is 2. The van der Waals surface area contributed by atoms with Gasteiger partial charge in [-0.25, -0.2) is 9.59 Å². The molecule has 0 bridgehead atoms. The molecule has 6 nitrogen and oxygen atoms in total. The van der Waals surface area contributed by atoms with Gasteiger partial charge in [0.05, 0.1) is 6.61 Å². The van der Waals surface area contributed by atoms with E-state index >= 15 is 0 Å². The van der Waals surface area contributed by atoms with Gasteiger partial charge < -0.3 is 20.1 Å². The van der Waals surface area contributed by atoms with E-state index in [0.717, 1.165) is 16.8 Å². The summed E-state index contributed by atoms with van der Waals surface area (Å²) in [5.74, 6) is 0.341. The summed E-state index contributed by atoms with van der Waals surface area (Å²) in [6, 6.07) is 11.9. The van der Waals surface area contributed by atoms with Gasteiger partial charge in [-0.1, -0.05) is 17.7 Å². The molecule has 0 spiro atoms. The van der Waals surface area contributed by atoms with Gasteiger partial charge in [0.15, 0.2) is 0 Å². The highest BCUT2D eigenvalue weighted by atomic mass is 16.7. The van der Waals surface area contributed by atoms with E-state index in [9.17, 15) is 9.59 Å². The van der Waals surface area contributed by atoms with Crippen molar-refractivity contribution in [1.82, 2.24) is 0 Å². The molecule has 0 radical (unpaired) electrons. The number of amides is 2. The number of aryl methyl sites for hydroxylation is 2. The molecule has 0 atom stereocenters. The SMILES string of the molecule is CCOC(=O)Oc1ccc(NC(=O)Nc2ccc(C)cc2C)cc1. The minimum atomic E-state index is -0.759. The zero-order valence-electron chi connectivity index (χ0n) is 13.9. The summed E-state index contributed by atoms with van der Waals surface area (Å²) >= 11 is 0. The molecule has 2 N–H and O–H groups in total. The van der Waals surface area contributed by atoms with Crippen LogP contribution in [0.5, 0.6) is 5.75 Å². The first-order valence-electron chi connectivity index (χ1n) is 7.58. The molecule has 0 aliphatic rings. The Morgan fingerprint density at radius 2 is 1.71 bits per heavy atom. The van der Waals surface area contributed by atoms with Crippen LogP contribution in [0.15, 0.2) is 42.5 Å². The number of carbonyl (C=O) groups is 2. The van der Waals surface area contributed by atoms with Crippen molar-refractivity contribution in [1.29, 1.82) is 0 Å². The summed E-state index contributed by atoms with van der Waals surface area (Å²) in [6.45, 7) is 5.88.